The van der Waals surface area contributed by atoms with Crippen LogP contribution in [0, 0.1) is 17.1 Å². The van der Waals surface area contributed by atoms with Gasteiger partial charge in [-0.25, -0.2) is 4.39 Å². The van der Waals surface area contributed by atoms with Crippen molar-refractivity contribution < 1.29 is 9.18 Å². The summed E-state index contributed by atoms with van der Waals surface area (Å²) in [6.07, 6.45) is 2.11. The first-order valence-electron chi connectivity index (χ1n) is 10.1. The summed E-state index contributed by atoms with van der Waals surface area (Å²) in [7, 11) is 0. The summed E-state index contributed by atoms with van der Waals surface area (Å²) in [4.78, 5) is 15.7. The highest BCUT2D eigenvalue weighted by molar-refractivity contribution is 6.30. The van der Waals surface area contributed by atoms with Crippen LogP contribution in [0.2, 0.25) is 5.02 Å². The molecule has 0 spiro atoms. The number of nitrogens with zero attached hydrogens (tertiary/aromatic N) is 3. The van der Waals surface area contributed by atoms with Crippen molar-refractivity contribution in [1.82, 2.24) is 4.90 Å². The van der Waals surface area contributed by atoms with Crippen LogP contribution in [0.25, 0.3) is 0 Å². The molecule has 2 aromatic carbocycles. The molecule has 1 unspecified atom stereocenters. The largest absolute Gasteiger partial charge is 0.370 e. The zero-order chi connectivity index (χ0) is 21.7. The van der Waals surface area contributed by atoms with Crippen LogP contribution < -0.4 is 10.6 Å². The Morgan fingerprint density at radius 1 is 1.30 bits per heavy atom. The molecular weight excluding hydrogens is 403 g/mol. The maximum absolute atomic E-state index is 14.4. The van der Waals surface area contributed by atoms with E-state index in [9.17, 15) is 9.18 Å². The van der Waals surface area contributed by atoms with Gasteiger partial charge in [-0.3, -0.25) is 9.69 Å². The molecular formula is C23H26ClFN4O. The SMILES string of the molecule is CC(CC(N)=O)N1CCC(N(Cc2cc(Cl)ccc2F)c2ccc(C#N)cc2)CC1. The smallest absolute Gasteiger partial charge is 0.218 e. The minimum atomic E-state index is -0.291. The second kappa shape index (κ2) is 9.92. The number of hydrogen-bond donors (Lipinski definition) is 1. The van der Waals surface area contributed by atoms with Crippen LogP contribution in [0.15, 0.2) is 42.5 Å². The van der Waals surface area contributed by atoms with Gasteiger partial charge >= 0.3 is 0 Å². The molecule has 1 amide bonds. The third-order valence-electron chi connectivity index (χ3n) is 5.74. The van der Waals surface area contributed by atoms with Crippen molar-refractivity contribution in [1.29, 1.82) is 5.26 Å². The molecule has 1 aliphatic heterocycles. The molecule has 1 atom stereocenters. The topological polar surface area (TPSA) is 73.4 Å². The highest BCUT2D eigenvalue weighted by atomic mass is 35.5. The Hall–Kier alpha value is -2.62. The van der Waals surface area contributed by atoms with Crippen molar-refractivity contribution in [3.63, 3.8) is 0 Å². The predicted molar refractivity (Wildman–Crippen MR) is 117 cm³/mol. The fourth-order valence-electron chi connectivity index (χ4n) is 4.07. The molecule has 158 valence electrons. The molecule has 30 heavy (non-hydrogen) atoms. The van der Waals surface area contributed by atoms with Gasteiger partial charge in [-0.15, -0.1) is 0 Å². The molecule has 5 nitrogen and oxygen atoms in total. The zero-order valence-electron chi connectivity index (χ0n) is 17.0. The Kier molecular flexibility index (Phi) is 7.30. The minimum absolute atomic E-state index is 0.109. The zero-order valence-corrected chi connectivity index (χ0v) is 17.8. The maximum Gasteiger partial charge on any atom is 0.218 e. The molecule has 0 aliphatic carbocycles. The first kappa shape index (κ1) is 22.1. The lowest BCUT2D eigenvalue weighted by atomic mass is 9.99. The van der Waals surface area contributed by atoms with Gasteiger partial charge in [0.1, 0.15) is 5.82 Å². The van der Waals surface area contributed by atoms with Crippen LogP contribution in [0.5, 0.6) is 0 Å². The maximum atomic E-state index is 14.4. The third-order valence-corrected chi connectivity index (χ3v) is 5.97. The van der Waals surface area contributed by atoms with Crippen LogP contribution in [0.3, 0.4) is 0 Å². The molecule has 2 N–H and O–H groups in total. The second-order valence-electron chi connectivity index (χ2n) is 7.81. The molecule has 1 heterocycles. The van der Waals surface area contributed by atoms with Gasteiger partial charge in [-0.2, -0.15) is 5.26 Å². The van der Waals surface area contributed by atoms with E-state index < -0.39 is 0 Å². The number of carbonyl (C=O) groups excluding carboxylic acids is 1. The van der Waals surface area contributed by atoms with E-state index in [0.29, 0.717) is 29.1 Å². The van der Waals surface area contributed by atoms with Gasteiger partial charge < -0.3 is 10.6 Å². The first-order valence-corrected chi connectivity index (χ1v) is 10.5. The Morgan fingerprint density at radius 2 is 1.97 bits per heavy atom. The minimum Gasteiger partial charge on any atom is -0.370 e. The van der Waals surface area contributed by atoms with Crippen LogP contribution in [-0.2, 0) is 11.3 Å². The van der Waals surface area contributed by atoms with E-state index in [1.165, 1.54) is 6.07 Å². The van der Waals surface area contributed by atoms with Crippen molar-refractivity contribution in [2.24, 2.45) is 5.73 Å². The van der Waals surface area contributed by atoms with Crippen LogP contribution in [0.1, 0.15) is 37.3 Å². The molecule has 7 heteroatoms. The normalized spacial score (nSPS) is 16.1. The number of nitrogens with two attached hydrogens (primary N) is 1. The number of hydrogen-bond acceptors (Lipinski definition) is 4. The molecule has 0 aromatic heterocycles. The van der Waals surface area contributed by atoms with Gasteiger partial charge in [0.25, 0.3) is 0 Å². The number of likely N-dealkylation sites (tertiary alicyclic amines) is 1. The number of piperidine rings is 1. The molecule has 0 radical (unpaired) electrons. The molecule has 0 saturated carbocycles. The summed E-state index contributed by atoms with van der Waals surface area (Å²) in [6, 6.07) is 14.4. The molecule has 3 rings (SSSR count). The fraction of sp³-hybridized carbons (Fsp3) is 0.391. The quantitative estimate of drug-likeness (QED) is 0.720. The molecule has 2 aromatic rings. The lowest BCUT2D eigenvalue weighted by molar-refractivity contribution is -0.119. The number of rotatable bonds is 7. The van der Waals surface area contributed by atoms with E-state index in [1.807, 2.05) is 19.1 Å². The number of anilines is 1. The van der Waals surface area contributed by atoms with Gasteiger partial charge in [0.2, 0.25) is 5.91 Å². The summed E-state index contributed by atoms with van der Waals surface area (Å²) in [5.41, 5.74) is 7.41. The lowest BCUT2D eigenvalue weighted by Gasteiger charge is -2.41. The molecule has 0 bridgehead atoms. The highest BCUT2D eigenvalue weighted by Gasteiger charge is 2.28. The van der Waals surface area contributed by atoms with Gasteiger partial charge in [-0.1, -0.05) is 11.6 Å². The van der Waals surface area contributed by atoms with E-state index in [4.69, 9.17) is 22.6 Å². The average molecular weight is 429 g/mol. The van der Waals surface area contributed by atoms with Gasteiger partial charge in [0, 0.05) is 54.4 Å². The third kappa shape index (κ3) is 5.50. The van der Waals surface area contributed by atoms with Gasteiger partial charge in [0.15, 0.2) is 0 Å². The average Bonchev–Trinajstić information content (AvgIpc) is 2.74. The van der Waals surface area contributed by atoms with Crippen molar-refractivity contribution in [3.8, 4) is 6.07 Å². The van der Waals surface area contributed by atoms with Crippen molar-refractivity contribution in [3.05, 3.63) is 64.4 Å². The predicted octanol–water partition coefficient (Wildman–Crippen LogP) is 4.09. The number of nitriles is 1. The van der Waals surface area contributed by atoms with Crippen molar-refractivity contribution in [2.45, 2.75) is 44.8 Å². The first-order chi connectivity index (χ1) is 14.4. The van der Waals surface area contributed by atoms with Gasteiger partial charge in [0.05, 0.1) is 11.6 Å². The summed E-state index contributed by atoms with van der Waals surface area (Å²) in [5.74, 6) is -0.578. The van der Waals surface area contributed by atoms with E-state index in [2.05, 4.69) is 15.9 Å². The standard InChI is InChI=1S/C23H26ClFN4O/c1-16(12-23(27)30)28-10-8-21(9-11-28)29(20-5-2-17(14-26)3-6-20)15-18-13-19(24)4-7-22(18)25/h2-7,13,16,21H,8-12,15H2,1H3,(H2,27,30). The molecule has 1 aliphatic rings. The van der Waals surface area contributed by atoms with E-state index in [1.54, 1.807) is 24.3 Å². The van der Waals surface area contributed by atoms with Crippen LogP contribution in [0.4, 0.5) is 10.1 Å². The summed E-state index contributed by atoms with van der Waals surface area (Å²) in [6.45, 7) is 4.08. The number of carbonyl (C=O) groups is 1. The lowest BCUT2D eigenvalue weighted by Crippen LogP contribution is -2.48. The monoisotopic (exact) mass is 428 g/mol. The summed E-state index contributed by atoms with van der Waals surface area (Å²) < 4.78 is 14.4. The number of halogens is 2. The Morgan fingerprint density at radius 3 is 2.57 bits per heavy atom. The van der Waals surface area contributed by atoms with Crippen molar-refractivity contribution in [2.75, 3.05) is 18.0 Å². The Labute approximate surface area is 181 Å². The van der Waals surface area contributed by atoms with Crippen LogP contribution >= 0.6 is 11.6 Å². The summed E-state index contributed by atoms with van der Waals surface area (Å²) in [5, 5.41) is 9.60. The number of amides is 1. The summed E-state index contributed by atoms with van der Waals surface area (Å²) >= 11 is 6.10. The molecule has 1 saturated heterocycles. The fourth-order valence-corrected chi connectivity index (χ4v) is 4.26. The van der Waals surface area contributed by atoms with Gasteiger partial charge in [-0.05, 0) is 62.2 Å². The Balaban J connectivity index is 1.80. The number of primary amides is 1. The van der Waals surface area contributed by atoms with E-state index in [0.717, 1.165) is 31.6 Å². The molecule has 1 fully saturated rings. The van der Waals surface area contributed by atoms with E-state index >= 15 is 0 Å². The highest BCUT2D eigenvalue weighted by Crippen LogP contribution is 2.28. The van der Waals surface area contributed by atoms with Crippen molar-refractivity contribution >= 4 is 23.2 Å². The number of benzene rings is 2. The second-order valence-corrected chi connectivity index (χ2v) is 8.25. The van der Waals surface area contributed by atoms with E-state index in [-0.39, 0.29) is 23.8 Å². The van der Waals surface area contributed by atoms with Crippen LogP contribution in [-0.4, -0.2) is 36.0 Å². The Bertz CT molecular complexity index is 920.